The van der Waals surface area contributed by atoms with E-state index < -0.39 is 0 Å². The van der Waals surface area contributed by atoms with Gasteiger partial charge in [0, 0.05) is 11.6 Å². The standard InChI is InChI=1S/C16H26FN/c1-12(13-8-7-9-14(17)10-13)18-16(5,6)11-15(2,3)4/h7-10,12,18H,11H2,1-6H3. The van der Waals surface area contributed by atoms with E-state index in [0.29, 0.717) is 0 Å². The van der Waals surface area contributed by atoms with Crippen LogP contribution in [0.25, 0.3) is 0 Å². The van der Waals surface area contributed by atoms with Gasteiger partial charge in [-0.1, -0.05) is 32.9 Å². The highest BCUT2D eigenvalue weighted by Gasteiger charge is 2.26. The van der Waals surface area contributed by atoms with Gasteiger partial charge in [-0.15, -0.1) is 0 Å². The van der Waals surface area contributed by atoms with Crippen LogP contribution in [0, 0.1) is 11.2 Å². The lowest BCUT2D eigenvalue weighted by Gasteiger charge is -2.36. The van der Waals surface area contributed by atoms with Crippen LogP contribution in [0.3, 0.4) is 0 Å². The molecule has 0 aromatic heterocycles. The lowest BCUT2D eigenvalue weighted by atomic mass is 9.81. The minimum Gasteiger partial charge on any atom is -0.305 e. The van der Waals surface area contributed by atoms with Crippen molar-refractivity contribution in [3.63, 3.8) is 0 Å². The maximum Gasteiger partial charge on any atom is 0.123 e. The van der Waals surface area contributed by atoms with Crippen molar-refractivity contribution in [3.05, 3.63) is 35.6 Å². The van der Waals surface area contributed by atoms with Crippen molar-refractivity contribution in [2.75, 3.05) is 0 Å². The lowest BCUT2D eigenvalue weighted by Crippen LogP contribution is -2.43. The van der Waals surface area contributed by atoms with Gasteiger partial charge in [-0.2, -0.15) is 0 Å². The molecule has 0 spiro atoms. The van der Waals surface area contributed by atoms with Crippen LogP contribution in [-0.2, 0) is 0 Å². The lowest BCUT2D eigenvalue weighted by molar-refractivity contribution is 0.226. The van der Waals surface area contributed by atoms with Crippen LogP contribution in [-0.4, -0.2) is 5.54 Å². The SMILES string of the molecule is CC(NC(C)(C)CC(C)(C)C)c1cccc(F)c1. The normalized spacial score (nSPS) is 14.6. The molecule has 0 saturated heterocycles. The van der Waals surface area contributed by atoms with Crippen molar-refractivity contribution in [2.45, 2.75) is 59.5 Å². The van der Waals surface area contributed by atoms with Gasteiger partial charge in [-0.05, 0) is 50.3 Å². The smallest absolute Gasteiger partial charge is 0.123 e. The highest BCUT2D eigenvalue weighted by molar-refractivity contribution is 5.20. The van der Waals surface area contributed by atoms with Crippen LogP contribution in [0.2, 0.25) is 0 Å². The molecule has 0 radical (unpaired) electrons. The minimum absolute atomic E-state index is 0.0317. The molecule has 0 aliphatic carbocycles. The second kappa shape index (κ2) is 5.40. The predicted octanol–water partition coefficient (Wildman–Crippen LogP) is 4.69. The first-order chi connectivity index (χ1) is 8.09. The molecule has 0 heterocycles. The van der Waals surface area contributed by atoms with E-state index in [1.807, 2.05) is 6.07 Å². The van der Waals surface area contributed by atoms with Gasteiger partial charge in [-0.25, -0.2) is 4.39 Å². The minimum atomic E-state index is -0.172. The number of hydrogen-bond donors (Lipinski definition) is 1. The van der Waals surface area contributed by atoms with Crippen LogP contribution >= 0.6 is 0 Å². The fraction of sp³-hybridized carbons (Fsp3) is 0.625. The third-order valence-corrected chi connectivity index (χ3v) is 2.93. The Bertz CT molecular complexity index is 390. The summed E-state index contributed by atoms with van der Waals surface area (Å²) in [6.45, 7) is 13.2. The Morgan fingerprint density at radius 1 is 1.17 bits per heavy atom. The fourth-order valence-corrected chi connectivity index (χ4v) is 2.82. The summed E-state index contributed by atoms with van der Waals surface area (Å²) in [5, 5.41) is 3.59. The zero-order valence-electron chi connectivity index (χ0n) is 12.5. The van der Waals surface area contributed by atoms with E-state index in [2.05, 4.69) is 46.9 Å². The van der Waals surface area contributed by atoms with Crippen LogP contribution < -0.4 is 5.32 Å². The average Bonchev–Trinajstić information content (AvgIpc) is 2.12. The highest BCUT2D eigenvalue weighted by atomic mass is 19.1. The first-order valence-corrected chi connectivity index (χ1v) is 6.62. The van der Waals surface area contributed by atoms with E-state index >= 15 is 0 Å². The van der Waals surface area contributed by atoms with E-state index in [0.717, 1.165) is 12.0 Å². The van der Waals surface area contributed by atoms with Crippen molar-refractivity contribution < 1.29 is 4.39 Å². The molecule has 0 fully saturated rings. The number of benzene rings is 1. The number of halogens is 1. The van der Waals surface area contributed by atoms with E-state index in [1.165, 1.54) is 6.07 Å². The Labute approximate surface area is 111 Å². The molecule has 1 aromatic rings. The van der Waals surface area contributed by atoms with Crippen molar-refractivity contribution in [1.82, 2.24) is 5.32 Å². The number of hydrogen-bond acceptors (Lipinski definition) is 1. The second-order valence-electron chi connectivity index (χ2n) is 7.04. The molecular formula is C16H26FN. The van der Waals surface area contributed by atoms with Gasteiger partial charge < -0.3 is 5.32 Å². The molecule has 1 rings (SSSR count). The maximum atomic E-state index is 13.2. The Morgan fingerprint density at radius 2 is 1.78 bits per heavy atom. The summed E-state index contributed by atoms with van der Waals surface area (Å²) in [7, 11) is 0. The maximum absolute atomic E-state index is 13.2. The van der Waals surface area contributed by atoms with Crippen molar-refractivity contribution in [1.29, 1.82) is 0 Å². The molecule has 1 unspecified atom stereocenters. The Morgan fingerprint density at radius 3 is 2.28 bits per heavy atom. The van der Waals surface area contributed by atoms with Crippen LogP contribution in [0.1, 0.15) is 59.6 Å². The van der Waals surface area contributed by atoms with E-state index in [1.54, 1.807) is 12.1 Å². The summed E-state index contributed by atoms with van der Waals surface area (Å²) >= 11 is 0. The molecule has 1 N–H and O–H groups in total. The molecule has 1 aromatic carbocycles. The van der Waals surface area contributed by atoms with Crippen molar-refractivity contribution in [3.8, 4) is 0 Å². The Hall–Kier alpha value is -0.890. The molecule has 0 aliphatic heterocycles. The van der Waals surface area contributed by atoms with Crippen LogP contribution in [0.4, 0.5) is 4.39 Å². The number of nitrogens with one attached hydrogen (secondary N) is 1. The van der Waals surface area contributed by atoms with Gasteiger partial charge in [-0.3, -0.25) is 0 Å². The zero-order chi connectivity index (χ0) is 14.0. The number of rotatable bonds is 4. The van der Waals surface area contributed by atoms with Crippen molar-refractivity contribution >= 4 is 0 Å². The molecule has 1 atom stereocenters. The largest absolute Gasteiger partial charge is 0.305 e. The predicted molar refractivity (Wildman–Crippen MR) is 76.1 cm³/mol. The second-order valence-corrected chi connectivity index (χ2v) is 7.04. The topological polar surface area (TPSA) is 12.0 Å². The summed E-state index contributed by atoms with van der Waals surface area (Å²) < 4.78 is 13.2. The summed E-state index contributed by atoms with van der Waals surface area (Å²) in [4.78, 5) is 0. The third kappa shape index (κ3) is 5.18. The van der Waals surface area contributed by atoms with Gasteiger partial charge >= 0.3 is 0 Å². The summed E-state index contributed by atoms with van der Waals surface area (Å²) in [5.74, 6) is -0.172. The van der Waals surface area contributed by atoms with Crippen LogP contribution in [0.5, 0.6) is 0 Å². The molecule has 102 valence electrons. The molecule has 0 amide bonds. The van der Waals surface area contributed by atoms with E-state index in [-0.39, 0.29) is 22.8 Å². The Balaban J connectivity index is 2.72. The monoisotopic (exact) mass is 251 g/mol. The fourth-order valence-electron chi connectivity index (χ4n) is 2.82. The zero-order valence-corrected chi connectivity index (χ0v) is 12.5. The molecular weight excluding hydrogens is 225 g/mol. The van der Waals surface area contributed by atoms with Gasteiger partial charge in [0.15, 0.2) is 0 Å². The van der Waals surface area contributed by atoms with Gasteiger partial charge in [0.25, 0.3) is 0 Å². The first-order valence-electron chi connectivity index (χ1n) is 6.62. The summed E-state index contributed by atoms with van der Waals surface area (Å²) in [5.41, 5.74) is 1.30. The van der Waals surface area contributed by atoms with E-state index in [4.69, 9.17) is 0 Å². The molecule has 0 saturated carbocycles. The quantitative estimate of drug-likeness (QED) is 0.818. The molecule has 1 nitrogen and oxygen atoms in total. The van der Waals surface area contributed by atoms with Crippen LogP contribution in [0.15, 0.2) is 24.3 Å². The molecule has 0 bridgehead atoms. The highest BCUT2D eigenvalue weighted by Crippen LogP contribution is 2.29. The average molecular weight is 251 g/mol. The Kier molecular flexibility index (Phi) is 4.55. The van der Waals surface area contributed by atoms with Gasteiger partial charge in [0.1, 0.15) is 5.82 Å². The molecule has 18 heavy (non-hydrogen) atoms. The molecule has 2 heteroatoms. The molecule has 0 aliphatic rings. The third-order valence-electron chi connectivity index (χ3n) is 2.93. The summed E-state index contributed by atoms with van der Waals surface area (Å²) in [6, 6.07) is 6.97. The summed E-state index contributed by atoms with van der Waals surface area (Å²) in [6.07, 6.45) is 1.07. The van der Waals surface area contributed by atoms with E-state index in [9.17, 15) is 4.39 Å². The van der Waals surface area contributed by atoms with Gasteiger partial charge in [0.05, 0.1) is 0 Å². The van der Waals surface area contributed by atoms with Gasteiger partial charge in [0.2, 0.25) is 0 Å². The van der Waals surface area contributed by atoms with Crippen molar-refractivity contribution in [2.24, 2.45) is 5.41 Å². The first kappa shape index (κ1) is 15.2.